The second-order valence-electron chi connectivity index (χ2n) is 7.29. The van der Waals surface area contributed by atoms with Crippen LogP contribution in [0.25, 0.3) is 0 Å². The van der Waals surface area contributed by atoms with Gasteiger partial charge in [0.1, 0.15) is 17.2 Å². The Hall–Kier alpha value is -2.30. The van der Waals surface area contributed by atoms with Crippen LogP contribution in [0, 0.1) is 0 Å². The molecule has 0 unspecified atom stereocenters. The van der Waals surface area contributed by atoms with Crippen LogP contribution in [-0.2, 0) is 16.8 Å². The van der Waals surface area contributed by atoms with Crippen LogP contribution in [0.15, 0.2) is 77.3 Å². The third kappa shape index (κ3) is 5.37. The molecule has 0 saturated carbocycles. The lowest BCUT2D eigenvalue weighted by molar-refractivity contribution is 0.0824. The fraction of sp³-hybridized carbons (Fsp3) is 0.250. The molecule has 0 atom stereocenters. The minimum absolute atomic E-state index is 0.118. The van der Waals surface area contributed by atoms with Crippen molar-refractivity contribution in [2.45, 2.75) is 25.9 Å². The van der Waals surface area contributed by atoms with Crippen molar-refractivity contribution < 1.29 is 14.2 Å². The first-order valence-corrected chi connectivity index (χ1v) is 10.0. The zero-order chi connectivity index (χ0) is 20.0. The van der Waals surface area contributed by atoms with Gasteiger partial charge in [0.05, 0.1) is 24.8 Å². The van der Waals surface area contributed by atoms with Crippen molar-refractivity contribution in [2.75, 3.05) is 13.7 Å². The van der Waals surface area contributed by atoms with E-state index in [0.717, 1.165) is 27.3 Å². The Balaban J connectivity index is 1.59. The Morgan fingerprint density at radius 2 is 1.61 bits per heavy atom. The van der Waals surface area contributed by atoms with Crippen LogP contribution < -0.4 is 9.47 Å². The number of halogens is 1. The summed E-state index contributed by atoms with van der Waals surface area (Å²) in [7, 11) is 1.67. The smallest absolute Gasteiger partial charge is 0.133 e. The molecule has 0 spiro atoms. The van der Waals surface area contributed by atoms with E-state index in [4.69, 9.17) is 14.2 Å². The summed E-state index contributed by atoms with van der Waals surface area (Å²) in [6.07, 6.45) is 0. The predicted octanol–water partition coefficient (Wildman–Crippen LogP) is 6.74. The molecule has 0 aliphatic rings. The van der Waals surface area contributed by atoms with Crippen LogP contribution >= 0.6 is 15.9 Å². The lowest BCUT2D eigenvalue weighted by Crippen LogP contribution is -2.24. The summed E-state index contributed by atoms with van der Waals surface area (Å²) >= 11 is 3.56. The van der Waals surface area contributed by atoms with Crippen LogP contribution in [0.5, 0.6) is 17.2 Å². The van der Waals surface area contributed by atoms with Gasteiger partial charge in [0.15, 0.2) is 0 Å². The van der Waals surface area contributed by atoms with Gasteiger partial charge >= 0.3 is 0 Å². The standard InChI is InChI=1S/C24H25BrO3/c1-24(2,19-12-13-23(26-3)22(25)15-19)17-27-16-18-8-7-11-21(14-18)28-20-9-5-4-6-10-20/h4-15H,16-17H2,1-3H3. The lowest BCUT2D eigenvalue weighted by atomic mass is 9.85. The van der Waals surface area contributed by atoms with E-state index < -0.39 is 0 Å². The summed E-state index contributed by atoms with van der Waals surface area (Å²) in [5.74, 6) is 2.47. The fourth-order valence-corrected chi connectivity index (χ4v) is 3.46. The number of benzene rings is 3. The first kappa shape index (κ1) is 20.4. The van der Waals surface area contributed by atoms with Crippen molar-refractivity contribution in [1.29, 1.82) is 0 Å². The molecule has 146 valence electrons. The maximum absolute atomic E-state index is 6.04. The van der Waals surface area contributed by atoms with E-state index in [2.05, 4.69) is 48.0 Å². The first-order valence-electron chi connectivity index (χ1n) is 9.21. The molecule has 0 saturated heterocycles. The Labute approximate surface area is 175 Å². The van der Waals surface area contributed by atoms with Gasteiger partial charge in [0.2, 0.25) is 0 Å². The molecular weight excluding hydrogens is 416 g/mol. The predicted molar refractivity (Wildman–Crippen MR) is 116 cm³/mol. The van der Waals surface area contributed by atoms with Gasteiger partial charge < -0.3 is 14.2 Å². The average molecular weight is 441 g/mol. The normalized spacial score (nSPS) is 11.3. The molecule has 0 heterocycles. The summed E-state index contributed by atoms with van der Waals surface area (Å²) < 4.78 is 18.2. The highest BCUT2D eigenvalue weighted by molar-refractivity contribution is 9.10. The summed E-state index contributed by atoms with van der Waals surface area (Å²) in [6, 6.07) is 23.9. The van der Waals surface area contributed by atoms with Gasteiger partial charge in [0.25, 0.3) is 0 Å². The van der Waals surface area contributed by atoms with Gasteiger partial charge in [-0.25, -0.2) is 0 Å². The monoisotopic (exact) mass is 440 g/mol. The van der Waals surface area contributed by atoms with Crippen molar-refractivity contribution in [3.63, 3.8) is 0 Å². The minimum Gasteiger partial charge on any atom is -0.496 e. The third-order valence-electron chi connectivity index (χ3n) is 4.54. The number of methoxy groups -OCH3 is 1. The second-order valence-corrected chi connectivity index (χ2v) is 8.14. The molecular formula is C24H25BrO3. The van der Waals surface area contributed by atoms with Gasteiger partial charge in [-0.2, -0.15) is 0 Å². The SMILES string of the molecule is COc1ccc(C(C)(C)COCc2cccc(Oc3ccccc3)c2)cc1Br. The third-order valence-corrected chi connectivity index (χ3v) is 5.16. The van der Waals surface area contributed by atoms with Crippen LogP contribution in [-0.4, -0.2) is 13.7 Å². The number of rotatable bonds is 8. The van der Waals surface area contributed by atoms with E-state index in [1.165, 1.54) is 5.56 Å². The van der Waals surface area contributed by atoms with Crippen molar-refractivity contribution in [3.05, 3.63) is 88.4 Å². The maximum atomic E-state index is 6.04. The van der Waals surface area contributed by atoms with Crippen molar-refractivity contribution in [2.24, 2.45) is 0 Å². The number of ether oxygens (including phenoxy) is 3. The molecule has 0 N–H and O–H groups in total. The summed E-state index contributed by atoms with van der Waals surface area (Å²) in [4.78, 5) is 0. The molecule has 0 radical (unpaired) electrons. The zero-order valence-electron chi connectivity index (χ0n) is 16.4. The van der Waals surface area contributed by atoms with E-state index in [0.29, 0.717) is 13.2 Å². The van der Waals surface area contributed by atoms with E-state index in [1.807, 2.05) is 54.6 Å². The van der Waals surface area contributed by atoms with Gasteiger partial charge in [-0.15, -0.1) is 0 Å². The van der Waals surface area contributed by atoms with E-state index >= 15 is 0 Å². The Bertz CT molecular complexity index is 907. The Morgan fingerprint density at radius 1 is 0.857 bits per heavy atom. The molecule has 3 nitrogen and oxygen atoms in total. The van der Waals surface area contributed by atoms with Gasteiger partial charge in [-0.3, -0.25) is 0 Å². The Morgan fingerprint density at radius 3 is 2.32 bits per heavy atom. The van der Waals surface area contributed by atoms with Crippen molar-refractivity contribution in [3.8, 4) is 17.2 Å². The molecule has 0 aromatic heterocycles. The first-order chi connectivity index (χ1) is 13.5. The maximum Gasteiger partial charge on any atom is 0.133 e. The second kappa shape index (κ2) is 9.26. The highest BCUT2D eigenvalue weighted by Crippen LogP contribution is 2.32. The highest BCUT2D eigenvalue weighted by Gasteiger charge is 2.22. The van der Waals surface area contributed by atoms with Gasteiger partial charge in [-0.1, -0.05) is 50.2 Å². The minimum atomic E-state index is -0.118. The van der Waals surface area contributed by atoms with E-state index in [-0.39, 0.29) is 5.41 Å². The lowest BCUT2D eigenvalue weighted by Gasteiger charge is -2.26. The largest absolute Gasteiger partial charge is 0.496 e. The van der Waals surface area contributed by atoms with Crippen LogP contribution in [0.4, 0.5) is 0 Å². The van der Waals surface area contributed by atoms with E-state index in [1.54, 1.807) is 7.11 Å². The van der Waals surface area contributed by atoms with Crippen LogP contribution in [0.1, 0.15) is 25.0 Å². The summed E-state index contributed by atoms with van der Waals surface area (Å²) in [6.45, 7) is 5.49. The fourth-order valence-electron chi connectivity index (χ4n) is 2.92. The summed E-state index contributed by atoms with van der Waals surface area (Å²) in [5, 5.41) is 0. The van der Waals surface area contributed by atoms with Gasteiger partial charge in [-0.05, 0) is 63.5 Å². The number of hydrogen-bond acceptors (Lipinski definition) is 3. The molecule has 3 aromatic carbocycles. The van der Waals surface area contributed by atoms with Gasteiger partial charge in [0, 0.05) is 5.41 Å². The van der Waals surface area contributed by atoms with Crippen molar-refractivity contribution in [1.82, 2.24) is 0 Å². The Kier molecular flexibility index (Phi) is 6.76. The van der Waals surface area contributed by atoms with E-state index in [9.17, 15) is 0 Å². The van der Waals surface area contributed by atoms with Crippen LogP contribution in [0.2, 0.25) is 0 Å². The molecule has 3 aromatic rings. The van der Waals surface area contributed by atoms with Crippen LogP contribution in [0.3, 0.4) is 0 Å². The summed E-state index contributed by atoms with van der Waals surface area (Å²) in [5.41, 5.74) is 2.16. The molecule has 0 fully saturated rings. The molecule has 0 aliphatic heterocycles. The number of para-hydroxylation sites is 1. The zero-order valence-corrected chi connectivity index (χ0v) is 18.0. The molecule has 0 amide bonds. The molecule has 0 bridgehead atoms. The highest BCUT2D eigenvalue weighted by atomic mass is 79.9. The topological polar surface area (TPSA) is 27.7 Å². The molecule has 3 rings (SSSR count). The van der Waals surface area contributed by atoms with Crippen molar-refractivity contribution >= 4 is 15.9 Å². The quantitative estimate of drug-likeness (QED) is 0.387. The molecule has 4 heteroatoms. The molecule has 0 aliphatic carbocycles. The average Bonchev–Trinajstić information content (AvgIpc) is 2.69. The number of hydrogen-bond donors (Lipinski definition) is 0. The molecule has 28 heavy (non-hydrogen) atoms.